The molecule has 1 aromatic heterocycles. The van der Waals surface area contributed by atoms with Crippen LogP contribution in [0.4, 0.5) is 25.3 Å². The minimum absolute atomic E-state index is 0.0462. The summed E-state index contributed by atoms with van der Waals surface area (Å²) < 4.78 is 37.5. The molecular weight excluding hydrogens is 334 g/mol. The SMILES string of the molecule is O=C(Nc1ccc2nc(N3CCOCC3)oc2c1)N1CCC(F)(F)C1. The highest BCUT2D eigenvalue weighted by Gasteiger charge is 2.40. The Morgan fingerprint density at radius 3 is 2.76 bits per heavy atom. The van der Waals surface area contributed by atoms with Crippen LogP contribution < -0.4 is 10.2 Å². The highest BCUT2D eigenvalue weighted by molar-refractivity contribution is 5.92. The Hall–Kier alpha value is -2.42. The molecule has 2 aliphatic rings. The highest BCUT2D eigenvalue weighted by atomic mass is 19.3. The summed E-state index contributed by atoms with van der Waals surface area (Å²) in [4.78, 5) is 19.6. The molecule has 2 aromatic rings. The van der Waals surface area contributed by atoms with Crippen molar-refractivity contribution in [2.75, 3.05) is 49.6 Å². The van der Waals surface area contributed by atoms with Gasteiger partial charge in [-0.25, -0.2) is 13.6 Å². The van der Waals surface area contributed by atoms with E-state index in [1.165, 1.54) is 0 Å². The van der Waals surface area contributed by atoms with Gasteiger partial charge in [0.05, 0.1) is 19.8 Å². The first-order valence-corrected chi connectivity index (χ1v) is 8.17. The van der Waals surface area contributed by atoms with Crippen LogP contribution in [-0.4, -0.2) is 61.2 Å². The minimum atomic E-state index is -2.81. The number of benzene rings is 1. The van der Waals surface area contributed by atoms with E-state index >= 15 is 0 Å². The van der Waals surface area contributed by atoms with Crippen molar-refractivity contribution in [3.8, 4) is 0 Å². The van der Waals surface area contributed by atoms with Gasteiger partial charge in [0, 0.05) is 37.8 Å². The third kappa shape index (κ3) is 3.37. The standard InChI is InChI=1S/C16H18F2N4O3/c17-16(18)3-4-22(10-16)14(23)19-11-1-2-12-13(9-11)25-15(20-12)21-5-7-24-8-6-21/h1-2,9H,3-8,10H2,(H,19,23). The summed E-state index contributed by atoms with van der Waals surface area (Å²) >= 11 is 0. The number of hydrogen-bond donors (Lipinski definition) is 1. The third-order valence-electron chi connectivity index (χ3n) is 4.37. The molecule has 1 aromatic carbocycles. The minimum Gasteiger partial charge on any atom is -0.423 e. The molecule has 25 heavy (non-hydrogen) atoms. The number of halogens is 2. The molecule has 0 saturated carbocycles. The van der Waals surface area contributed by atoms with Gasteiger partial charge in [-0.15, -0.1) is 0 Å². The molecule has 4 rings (SSSR count). The molecule has 1 N–H and O–H groups in total. The number of alkyl halides is 2. The second-order valence-electron chi connectivity index (χ2n) is 6.24. The van der Waals surface area contributed by atoms with E-state index in [9.17, 15) is 13.6 Å². The summed E-state index contributed by atoms with van der Waals surface area (Å²) in [5.41, 5.74) is 1.69. The molecule has 0 atom stereocenters. The predicted molar refractivity (Wildman–Crippen MR) is 87.2 cm³/mol. The van der Waals surface area contributed by atoms with Crippen LogP contribution in [0.2, 0.25) is 0 Å². The Morgan fingerprint density at radius 1 is 1.24 bits per heavy atom. The normalized spacial score (nSPS) is 20.2. The molecule has 0 unspecified atom stereocenters. The van der Waals surface area contributed by atoms with Gasteiger partial charge in [0.15, 0.2) is 5.58 Å². The van der Waals surface area contributed by atoms with Crippen LogP contribution >= 0.6 is 0 Å². The topological polar surface area (TPSA) is 70.8 Å². The molecule has 2 fully saturated rings. The number of urea groups is 1. The number of oxazole rings is 1. The molecular formula is C16H18F2N4O3. The Balaban J connectivity index is 1.48. The van der Waals surface area contributed by atoms with Crippen molar-refractivity contribution in [3.05, 3.63) is 18.2 Å². The Bertz CT molecular complexity index is 789. The van der Waals surface area contributed by atoms with E-state index in [1.54, 1.807) is 18.2 Å². The zero-order valence-electron chi connectivity index (χ0n) is 13.5. The molecule has 0 bridgehead atoms. The van der Waals surface area contributed by atoms with E-state index in [0.29, 0.717) is 49.1 Å². The van der Waals surface area contributed by atoms with E-state index in [0.717, 1.165) is 4.90 Å². The second-order valence-corrected chi connectivity index (χ2v) is 6.24. The number of hydrogen-bond acceptors (Lipinski definition) is 5. The number of nitrogens with zero attached hydrogens (tertiary/aromatic N) is 3. The maximum atomic E-state index is 13.2. The van der Waals surface area contributed by atoms with Crippen LogP contribution in [0.15, 0.2) is 22.6 Å². The highest BCUT2D eigenvalue weighted by Crippen LogP contribution is 2.28. The molecule has 3 heterocycles. The summed E-state index contributed by atoms with van der Waals surface area (Å²) in [5.74, 6) is -2.81. The van der Waals surface area contributed by atoms with Gasteiger partial charge in [-0.1, -0.05) is 0 Å². The number of nitrogens with one attached hydrogen (secondary N) is 1. The zero-order valence-corrected chi connectivity index (χ0v) is 13.5. The van der Waals surface area contributed by atoms with Crippen molar-refractivity contribution in [1.82, 2.24) is 9.88 Å². The molecule has 2 saturated heterocycles. The fourth-order valence-corrected chi connectivity index (χ4v) is 2.99. The Morgan fingerprint density at radius 2 is 2.04 bits per heavy atom. The first kappa shape index (κ1) is 16.1. The van der Waals surface area contributed by atoms with Gasteiger partial charge >= 0.3 is 6.03 Å². The lowest BCUT2D eigenvalue weighted by Crippen LogP contribution is -2.36. The number of likely N-dealkylation sites (tertiary alicyclic amines) is 1. The number of rotatable bonds is 2. The summed E-state index contributed by atoms with van der Waals surface area (Å²) in [7, 11) is 0. The third-order valence-corrected chi connectivity index (χ3v) is 4.37. The fourth-order valence-electron chi connectivity index (χ4n) is 2.99. The van der Waals surface area contributed by atoms with Crippen molar-refractivity contribution >= 4 is 28.8 Å². The van der Waals surface area contributed by atoms with Crippen LogP contribution in [-0.2, 0) is 4.74 Å². The van der Waals surface area contributed by atoms with E-state index < -0.39 is 18.5 Å². The summed E-state index contributed by atoms with van der Waals surface area (Å²) in [6.45, 7) is 2.16. The maximum absolute atomic E-state index is 13.2. The van der Waals surface area contributed by atoms with Crippen molar-refractivity contribution in [2.45, 2.75) is 12.3 Å². The van der Waals surface area contributed by atoms with Crippen LogP contribution in [0.3, 0.4) is 0 Å². The van der Waals surface area contributed by atoms with Crippen molar-refractivity contribution < 1.29 is 22.7 Å². The maximum Gasteiger partial charge on any atom is 0.322 e. The lowest BCUT2D eigenvalue weighted by molar-refractivity contribution is 0.0159. The van der Waals surface area contributed by atoms with Gasteiger partial charge in [0.1, 0.15) is 5.52 Å². The van der Waals surface area contributed by atoms with Gasteiger partial charge in [-0.3, -0.25) is 0 Å². The Labute approximate surface area is 142 Å². The smallest absolute Gasteiger partial charge is 0.322 e. The van der Waals surface area contributed by atoms with Gasteiger partial charge in [0.25, 0.3) is 11.9 Å². The van der Waals surface area contributed by atoms with Gasteiger partial charge < -0.3 is 24.3 Å². The second kappa shape index (κ2) is 6.14. The van der Waals surface area contributed by atoms with Gasteiger partial charge in [-0.05, 0) is 12.1 Å². The van der Waals surface area contributed by atoms with Crippen LogP contribution in [0, 0.1) is 0 Å². The monoisotopic (exact) mass is 352 g/mol. The lowest BCUT2D eigenvalue weighted by Gasteiger charge is -2.24. The van der Waals surface area contributed by atoms with Crippen LogP contribution in [0.5, 0.6) is 0 Å². The molecule has 134 valence electrons. The van der Waals surface area contributed by atoms with Crippen LogP contribution in [0.25, 0.3) is 11.1 Å². The average molecular weight is 352 g/mol. The lowest BCUT2D eigenvalue weighted by atomic mass is 10.3. The number of fused-ring (bicyclic) bond motifs is 1. The van der Waals surface area contributed by atoms with Crippen molar-refractivity contribution in [2.24, 2.45) is 0 Å². The van der Waals surface area contributed by atoms with Crippen LogP contribution in [0.1, 0.15) is 6.42 Å². The number of morpholine rings is 1. The van der Waals surface area contributed by atoms with Crippen molar-refractivity contribution in [1.29, 1.82) is 0 Å². The van der Waals surface area contributed by atoms with Gasteiger partial charge in [0.2, 0.25) is 0 Å². The molecule has 7 nitrogen and oxygen atoms in total. The number of amides is 2. The number of ether oxygens (including phenoxy) is 1. The molecule has 0 radical (unpaired) electrons. The van der Waals surface area contributed by atoms with E-state index in [1.807, 2.05) is 4.90 Å². The number of carbonyl (C=O) groups is 1. The molecule has 2 amide bonds. The quantitative estimate of drug-likeness (QED) is 0.899. The summed E-state index contributed by atoms with van der Waals surface area (Å²) in [5, 5.41) is 2.63. The van der Waals surface area contributed by atoms with Crippen molar-refractivity contribution in [3.63, 3.8) is 0 Å². The number of aromatic nitrogens is 1. The molecule has 0 spiro atoms. The van der Waals surface area contributed by atoms with E-state index in [-0.39, 0.29) is 13.0 Å². The first-order chi connectivity index (χ1) is 12.0. The predicted octanol–water partition coefficient (Wildman–Crippen LogP) is 2.54. The first-order valence-electron chi connectivity index (χ1n) is 8.17. The summed E-state index contributed by atoms with van der Waals surface area (Å²) in [6, 6.07) is 5.04. The fraction of sp³-hybridized carbons (Fsp3) is 0.500. The van der Waals surface area contributed by atoms with E-state index in [2.05, 4.69) is 10.3 Å². The largest absolute Gasteiger partial charge is 0.423 e. The average Bonchev–Trinajstić information content (AvgIpc) is 3.18. The number of anilines is 2. The summed E-state index contributed by atoms with van der Waals surface area (Å²) in [6.07, 6.45) is -0.301. The zero-order chi connectivity index (χ0) is 17.4. The number of carbonyl (C=O) groups excluding carboxylic acids is 1. The van der Waals surface area contributed by atoms with E-state index in [4.69, 9.17) is 9.15 Å². The molecule has 2 aliphatic heterocycles. The van der Waals surface area contributed by atoms with Gasteiger partial charge in [-0.2, -0.15) is 4.98 Å². The Kier molecular flexibility index (Phi) is 3.95. The molecule has 9 heteroatoms. The molecule has 0 aliphatic carbocycles.